The number of hydrogen-bond donors (Lipinski definition) is 1. The van der Waals surface area contributed by atoms with E-state index in [0.717, 1.165) is 38.7 Å². The van der Waals surface area contributed by atoms with E-state index in [2.05, 4.69) is 5.32 Å². The molecule has 4 rings (SSSR count). The van der Waals surface area contributed by atoms with Gasteiger partial charge >= 0.3 is 0 Å². The van der Waals surface area contributed by atoms with Gasteiger partial charge in [-0.1, -0.05) is 85.1 Å². The molecule has 0 fully saturated rings. The molecule has 1 atom stereocenters. The number of nitrogens with zero attached hydrogens (tertiary/aromatic N) is 2. The number of unbranched alkanes of at least 4 members (excludes halogenated alkanes) is 1. The number of amides is 2. The van der Waals surface area contributed by atoms with Crippen LogP contribution in [0.15, 0.2) is 113 Å². The van der Waals surface area contributed by atoms with Gasteiger partial charge in [-0.15, -0.1) is 11.8 Å². The van der Waals surface area contributed by atoms with Crippen molar-refractivity contribution in [2.24, 2.45) is 0 Å². The van der Waals surface area contributed by atoms with Gasteiger partial charge < -0.3 is 10.2 Å². The molecular formula is C36H40ClN3O4S2. The van der Waals surface area contributed by atoms with E-state index in [1.165, 1.54) is 16.7 Å². The van der Waals surface area contributed by atoms with Gasteiger partial charge in [-0.2, -0.15) is 0 Å². The summed E-state index contributed by atoms with van der Waals surface area (Å²) in [6.07, 6.45) is 3.86. The topological polar surface area (TPSA) is 86.8 Å². The van der Waals surface area contributed by atoms with Crippen LogP contribution in [0.3, 0.4) is 0 Å². The van der Waals surface area contributed by atoms with Crippen LogP contribution in [0.2, 0.25) is 5.02 Å². The molecule has 0 aliphatic carbocycles. The lowest BCUT2D eigenvalue weighted by atomic mass is 10.0. The molecule has 0 radical (unpaired) electrons. The zero-order valence-electron chi connectivity index (χ0n) is 26.4. The molecule has 0 bridgehead atoms. The third kappa shape index (κ3) is 9.37. The zero-order valence-corrected chi connectivity index (χ0v) is 28.7. The summed E-state index contributed by atoms with van der Waals surface area (Å²) in [6.45, 7) is 3.96. The van der Waals surface area contributed by atoms with Gasteiger partial charge in [0.05, 0.1) is 10.6 Å². The van der Waals surface area contributed by atoms with Crippen LogP contribution in [0.5, 0.6) is 0 Å². The highest BCUT2D eigenvalue weighted by Gasteiger charge is 2.34. The number of carbonyl (C=O) groups is 2. The molecule has 0 saturated carbocycles. The first-order valence-corrected chi connectivity index (χ1v) is 18.3. The normalized spacial score (nSPS) is 11.9. The largest absolute Gasteiger partial charge is 0.354 e. The van der Waals surface area contributed by atoms with Crippen molar-refractivity contribution in [2.75, 3.05) is 23.7 Å². The molecule has 0 unspecified atom stereocenters. The fourth-order valence-corrected chi connectivity index (χ4v) is 7.04. The van der Waals surface area contributed by atoms with E-state index in [1.54, 1.807) is 54.6 Å². The number of hydrogen-bond acceptors (Lipinski definition) is 5. The number of aryl methyl sites for hydroxylation is 1. The number of rotatable bonds is 15. The minimum atomic E-state index is -4.17. The average Bonchev–Trinajstić information content (AvgIpc) is 3.06. The van der Waals surface area contributed by atoms with Crippen LogP contribution in [0.1, 0.15) is 36.5 Å². The summed E-state index contributed by atoms with van der Waals surface area (Å²) >= 11 is 7.83. The Balaban J connectivity index is 1.78. The molecule has 1 N–H and O–H groups in total. The summed E-state index contributed by atoms with van der Waals surface area (Å²) in [5, 5.41) is 3.50. The Morgan fingerprint density at radius 2 is 1.57 bits per heavy atom. The lowest BCUT2D eigenvalue weighted by Gasteiger charge is -2.34. The average molecular weight is 678 g/mol. The summed E-state index contributed by atoms with van der Waals surface area (Å²) in [7, 11) is -4.17. The Hall–Kier alpha value is -3.79. The maximum absolute atomic E-state index is 14.5. The van der Waals surface area contributed by atoms with Gasteiger partial charge in [0.15, 0.2) is 0 Å². The summed E-state index contributed by atoms with van der Waals surface area (Å²) in [4.78, 5) is 30.8. The van der Waals surface area contributed by atoms with Crippen LogP contribution in [0, 0.1) is 6.92 Å². The number of carbonyl (C=O) groups excluding carboxylic acids is 2. The fraction of sp³-hybridized carbons (Fsp3) is 0.278. The monoisotopic (exact) mass is 677 g/mol. The van der Waals surface area contributed by atoms with E-state index in [1.807, 2.05) is 68.6 Å². The van der Waals surface area contributed by atoms with Crippen molar-refractivity contribution in [1.82, 2.24) is 10.2 Å². The third-order valence-corrected chi connectivity index (χ3v) is 10.4. The standard InChI is InChI=1S/C36H40ClN3O4S2/c1-4-5-22-38-36(42)34(24-28-10-7-6-8-11-28)39(25-29-12-9-13-30(37)23-29)35(41)26-40(31-16-14-27(2)15-17-31)46(43,44)33-20-18-32(45-3)19-21-33/h6-21,23,34H,4-5,22,24-26H2,1-3H3,(H,38,42)/t34-/m0/s1. The van der Waals surface area contributed by atoms with Crippen molar-refractivity contribution in [1.29, 1.82) is 0 Å². The van der Waals surface area contributed by atoms with Gasteiger partial charge in [-0.25, -0.2) is 8.42 Å². The van der Waals surface area contributed by atoms with E-state index >= 15 is 0 Å². The van der Waals surface area contributed by atoms with Crippen LogP contribution in [0.4, 0.5) is 5.69 Å². The Morgan fingerprint density at radius 1 is 0.891 bits per heavy atom. The highest BCUT2D eigenvalue weighted by molar-refractivity contribution is 7.98. The van der Waals surface area contributed by atoms with E-state index < -0.39 is 28.5 Å². The zero-order chi connectivity index (χ0) is 33.1. The summed E-state index contributed by atoms with van der Waals surface area (Å²) < 4.78 is 29.5. The van der Waals surface area contributed by atoms with Crippen LogP contribution in [0.25, 0.3) is 0 Å². The fourth-order valence-electron chi connectivity index (χ4n) is 5.01. The van der Waals surface area contributed by atoms with Crippen molar-refractivity contribution in [2.45, 2.75) is 55.5 Å². The number of thioether (sulfide) groups is 1. The lowest BCUT2D eigenvalue weighted by molar-refractivity contribution is -0.140. The molecule has 0 aromatic heterocycles. The van der Waals surface area contributed by atoms with Gasteiger partial charge in [-0.3, -0.25) is 13.9 Å². The highest BCUT2D eigenvalue weighted by atomic mass is 35.5. The first-order chi connectivity index (χ1) is 22.1. The van der Waals surface area contributed by atoms with Gasteiger partial charge in [0, 0.05) is 29.4 Å². The molecule has 0 aliphatic rings. The quantitative estimate of drug-likeness (QED) is 0.107. The highest BCUT2D eigenvalue weighted by Crippen LogP contribution is 2.27. The number of halogens is 1. The molecule has 46 heavy (non-hydrogen) atoms. The molecule has 0 heterocycles. The van der Waals surface area contributed by atoms with Crippen LogP contribution in [-0.4, -0.2) is 50.5 Å². The van der Waals surface area contributed by atoms with E-state index in [0.29, 0.717) is 17.3 Å². The molecular weight excluding hydrogens is 638 g/mol. The predicted octanol–water partition coefficient (Wildman–Crippen LogP) is 7.12. The molecule has 2 amide bonds. The number of benzene rings is 4. The predicted molar refractivity (Wildman–Crippen MR) is 188 cm³/mol. The molecule has 7 nitrogen and oxygen atoms in total. The van der Waals surface area contributed by atoms with Crippen LogP contribution in [-0.2, 0) is 32.6 Å². The second-order valence-corrected chi connectivity index (χ2v) is 14.2. The molecule has 242 valence electrons. The van der Waals surface area contributed by atoms with Crippen molar-refractivity contribution in [3.05, 3.63) is 125 Å². The summed E-state index contributed by atoms with van der Waals surface area (Å²) in [5.74, 6) is -0.818. The van der Waals surface area contributed by atoms with Crippen molar-refractivity contribution in [3.63, 3.8) is 0 Å². The first kappa shape index (κ1) is 35.1. The third-order valence-electron chi connectivity index (χ3n) is 7.59. The van der Waals surface area contributed by atoms with Crippen molar-refractivity contribution >= 4 is 50.9 Å². The second-order valence-electron chi connectivity index (χ2n) is 11.0. The SMILES string of the molecule is CCCCNC(=O)[C@H](Cc1ccccc1)N(Cc1cccc(Cl)c1)C(=O)CN(c1ccc(C)cc1)S(=O)(=O)c1ccc(SC)cc1. The van der Waals surface area contributed by atoms with E-state index in [4.69, 9.17) is 11.6 Å². The Kier molecular flexibility index (Phi) is 12.7. The van der Waals surface area contributed by atoms with Crippen molar-refractivity contribution in [3.8, 4) is 0 Å². The Bertz CT molecular complexity index is 1700. The lowest BCUT2D eigenvalue weighted by Crippen LogP contribution is -2.53. The Labute approximate surface area is 282 Å². The smallest absolute Gasteiger partial charge is 0.264 e. The van der Waals surface area contributed by atoms with Crippen LogP contribution < -0.4 is 9.62 Å². The van der Waals surface area contributed by atoms with Gasteiger partial charge in [-0.05, 0) is 79.3 Å². The Morgan fingerprint density at radius 3 is 2.20 bits per heavy atom. The summed E-state index contributed by atoms with van der Waals surface area (Å²) in [5.41, 5.74) is 2.89. The molecule has 4 aromatic carbocycles. The molecule has 0 spiro atoms. The van der Waals surface area contributed by atoms with Crippen LogP contribution >= 0.6 is 23.4 Å². The number of sulfonamides is 1. The maximum Gasteiger partial charge on any atom is 0.264 e. The van der Waals surface area contributed by atoms with Gasteiger partial charge in [0.1, 0.15) is 12.6 Å². The van der Waals surface area contributed by atoms with Gasteiger partial charge in [0.25, 0.3) is 10.0 Å². The molecule has 0 saturated heterocycles. The first-order valence-electron chi connectivity index (χ1n) is 15.2. The van der Waals surface area contributed by atoms with E-state index in [9.17, 15) is 18.0 Å². The number of nitrogens with one attached hydrogen (secondary N) is 1. The van der Waals surface area contributed by atoms with Gasteiger partial charge in [0.2, 0.25) is 11.8 Å². The second kappa shape index (κ2) is 16.7. The van der Waals surface area contributed by atoms with Crippen molar-refractivity contribution < 1.29 is 18.0 Å². The summed E-state index contributed by atoms with van der Waals surface area (Å²) in [6, 6.07) is 29.3. The maximum atomic E-state index is 14.5. The minimum Gasteiger partial charge on any atom is -0.354 e. The molecule has 0 aliphatic heterocycles. The van der Waals surface area contributed by atoms with E-state index in [-0.39, 0.29) is 23.8 Å². The molecule has 10 heteroatoms. The minimum absolute atomic E-state index is 0.0578. The molecule has 4 aromatic rings. The number of anilines is 1.